The molecule has 1 fully saturated rings. The van der Waals surface area contributed by atoms with Crippen LogP contribution in [0.1, 0.15) is 23.1 Å². The largest absolute Gasteiger partial charge is 0.497 e. The van der Waals surface area contributed by atoms with E-state index in [0.29, 0.717) is 23.0 Å². The van der Waals surface area contributed by atoms with Crippen LogP contribution < -0.4 is 14.5 Å². The van der Waals surface area contributed by atoms with Gasteiger partial charge in [0.2, 0.25) is 5.91 Å². The molecule has 148 valence electrons. The molecule has 1 saturated heterocycles. The number of ether oxygens (including phenoxy) is 1. The molecule has 0 radical (unpaired) electrons. The van der Waals surface area contributed by atoms with E-state index in [0.717, 1.165) is 11.3 Å². The lowest BCUT2D eigenvalue weighted by molar-refractivity contribution is -0.129. The lowest BCUT2D eigenvalue weighted by Crippen LogP contribution is -2.56. The number of carbonyl (C=O) groups is 2. The van der Waals surface area contributed by atoms with Crippen LogP contribution in [0.25, 0.3) is 0 Å². The van der Waals surface area contributed by atoms with Crippen LogP contribution in [0, 0.1) is 13.8 Å². The number of methoxy groups -OCH3 is 1. The first-order chi connectivity index (χ1) is 14.0. The Morgan fingerprint density at radius 3 is 2.31 bits per heavy atom. The third kappa shape index (κ3) is 3.38. The molecule has 1 aliphatic heterocycles. The van der Waals surface area contributed by atoms with Crippen molar-refractivity contribution in [2.45, 2.75) is 19.9 Å². The first kappa shape index (κ1) is 18.8. The molecule has 1 aromatic heterocycles. The van der Waals surface area contributed by atoms with Gasteiger partial charge in [0.15, 0.2) is 6.04 Å². The first-order valence-electron chi connectivity index (χ1n) is 9.39. The number of hydrogen-bond acceptors (Lipinski definition) is 4. The number of piperazine rings is 1. The Bertz CT molecular complexity index is 1050. The second-order valence-corrected chi connectivity index (χ2v) is 7.02. The third-order valence-corrected chi connectivity index (χ3v) is 5.11. The van der Waals surface area contributed by atoms with Gasteiger partial charge in [-0.3, -0.25) is 14.5 Å². The van der Waals surface area contributed by atoms with E-state index in [4.69, 9.17) is 9.15 Å². The fraction of sp³-hybridized carbons (Fsp3) is 0.217. The molecule has 2 heterocycles. The number of amides is 2. The molecule has 1 aliphatic rings. The van der Waals surface area contributed by atoms with Crippen molar-refractivity contribution in [3.63, 3.8) is 0 Å². The van der Waals surface area contributed by atoms with Gasteiger partial charge in [0.1, 0.15) is 23.8 Å². The summed E-state index contributed by atoms with van der Waals surface area (Å²) in [6.45, 7) is 3.70. The molecule has 2 aromatic carbocycles. The van der Waals surface area contributed by atoms with E-state index in [2.05, 4.69) is 0 Å². The smallest absolute Gasteiger partial charge is 0.258 e. The average Bonchev–Trinajstić information content (AvgIpc) is 3.15. The maximum Gasteiger partial charge on any atom is 0.258 e. The molecule has 0 bridgehead atoms. The molecule has 3 aromatic rings. The summed E-state index contributed by atoms with van der Waals surface area (Å²) >= 11 is 0. The van der Waals surface area contributed by atoms with Crippen LogP contribution in [0.4, 0.5) is 11.4 Å². The highest BCUT2D eigenvalue weighted by molar-refractivity contribution is 6.14. The molecule has 2 amide bonds. The molecule has 1 atom stereocenters. The molecular formula is C23H22N2O4. The van der Waals surface area contributed by atoms with Crippen LogP contribution in [0.15, 0.2) is 65.1 Å². The summed E-state index contributed by atoms with van der Waals surface area (Å²) in [7, 11) is 1.58. The van der Waals surface area contributed by atoms with E-state index in [1.165, 1.54) is 4.90 Å². The van der Waals surface area contributed by atoms with E-state index < -0.39 is 6.04 Å². The van der Waals surface area contributed by atoms with Crippen molar-refractivity contribution < 1.29 is 18.7 Å². The summed E-state index contributed by atoms with van der Waals surface area (Å²) in [6, 6.07) is 17.3. The standard InChI is InChI=1S/C23H22N2O4/c1-15-6-4-5-7-19(15)24-14-21(26)25(17-9-11-18(28-3)12-10-17)22(23(24)27)20-13-8-16(2)29-20/h4-13,22H,14H2,1-3H3/t22-/m0/s1. The zero-order chi connectivity index (χ0) is 20.5. The van der Waals surface area contributed by atoms with E-state index in [1.807, 2.05) is 38.1 Å². The van der Waals surface area contributed by atoms with Crippen molar-refractivity contribution in [3.05, 3.63) is 77.7 Å². The fourth-order valence-electron chi connectivity index (χ4n) is 3.65. The Morgan fingerprint density at radius 1 is 0.966 bits per heavy atom. The Hall–Kier alpha value is -3.54. The van der Waals surface area contributed by atoms with Crippen molar-refractivity contribution >= 4 is 23.2 Å². The van der Waals surface area contributed by atoms with Gasteiger partial charge in [-0.1, -0.05) is 18.2 Å². The van der Waals surface area contributed by atoms with Gasteiger partial charge in [-0.05, 0) is 61.9 Å². The van der Waals surface area contributed by atoms with Gasteiger partial charge in [-0.2, -0.15) is 0 Å². The summed E-state index contributed by atoms with van der Waals surface area (Å²) in [6.07, 6.45) is 0. The van der Waals surface area contributed by atoms with Crippen molar-refractivity contribution in [2.24, 2.45) is 0 Å². The lowest BCUT2D eigenvalue weighted by Gasteiger charge is -2.39. The average molecular weight is 390 g/mol. The van der Waals surface area contributed by atoms with Crippen LogP contribution in [0.5, 0.6) is 5.75 Å². The Morgan fingerprint density at radius 2 is 1.69 bits per heavy atom. The van der Waals surface area contributed by atoms with Gasteiger partial charge >= 0.3 is 0 Å². The minimum Gasteiger partial charge on any atom is -0.497 e. The van der Waals surface area contributed by atoms with Crippen molar-refractivity contribution in [3.8, 4) is 5.75 Å². The number of hydrogen-bond donors (Lipinski definition) is 0. The molecule has 0 saturated carbocycles. The number of rotatable bonds is 4. The first-order valence-corrected chi connectivity index (χ1v) is 9.39. The van der Waals surface area contributed by atoms with E-state index in [-0.39, 0.29) is 18.4 Å². The number of aryl methyl sites for hydroxylation is 2. The maximum atomic E-state index is 13.6. The SMILES string of the molecule is COc1ccc(N2C(=O)CN(c3ccccc3C)C(=O)[C@@H]2c2ccc(C)o2)cc1. The van der Waals surface area contributed by atoms with Crippen molar-refractivity contribution in [2.75, 3.05) is 23.5 Å². The second-order valence-electron chi connectivity index (χ2n) is 7.02. The summed E-state index contributed by atoms with van der Waals surface area (Å²) < 4.78 is 11.0. The van der Waals surface area contributed by atoms with Crippen LogP contribution >= 0.6 is 0 Å². The minimum atomic E-state index is -0.877. The highest BCUT2D eigenvalue weighted by Gasteiger charge is 2.43. The number of para-hydroxylation sites is 1. The van der Waals surface area contributed by atoms with E-state index >= 15 is 0 Å². The van der Waals surface area contributed by atoms with Gasteiger partial charge in [-0.15, -0.1) is 0 Å². The van der Waals surface area contributed by atoms with E-state index in [9.17, 15) is 9.59 Å². The molecule has 29 heavy (non-hydrogen) atoms. The zero-order valence-corrected chi connectivity index (χ0v) is 16.6. The number of benzene rings is 2. The van der Waals surface area contributed by atoms with Gasteiger partial charge in [0.05, 0.1) is 7.11 Å². The van der Waals surface area contributed by atoms with Gasteiger partial charge in [0, 0.05) is 11.4 Å². The summed E-state index contributed by atoms with van der Waals surface area (Å²) in [5, 5.41) is 0. The zero-order valence-electron chi connectivity index (χ0n) is 16.6. The molecule has 0 unspecified atom stereocenters. The Balaban J connectivity index is 1.80. The van der Waals surface area contributed by atoms with Gasteiger partial charge < -0.3 is 14.1 Å². The third-order valence-electron chi connectivity index (χ3n) is 5.11. The summed E-state index contributed by atoms with van der Waals surface area (Å²) in [4.78, 5) is 29.9. The van der Waals surface area contributed by atoms with Gasteiger partial charge in [0.25, 0.3) is 5.91 Å². The highest BCUT2D eigenvalue weighted by atomic mass is 16.5. The summed E-state index contributed by atoms with van der Waals surface area (Å²) in [5.41, 5.74) is 2.28. The van der Waals surface area contributed by atoms with Crippen molar-refractivity contribution in [1.82, 2.24) is 0 Å². The normalized spacial score (nSPS) is 17.0. The van der Waals surface area contributed by atoms with Crippen LogP contribution in [-0.2, 0) is 9.59 Å². The topological polar surface area (TPSA) is 63.0 Å². The number of furan rings is 1. The van der Waals surface area contributed by atoms with Crippen LogP contribution in [-0.4, -0.2) is 25.5 Å². The second kappa shape index (κ2) is 7.47. The molecule has 0 aliphatic carbocycles. The number of nitrogens with zero attached hydrogens (tertiary/aromatic N) is 2. The number of anilines is 2. The Kier molecular flexibility index (Phi) is 4.84. The minimum absolute atomic E-state index is 0.0358. The fourth-order valence-corrected chi connectivity index (χ4v) is 3.65. The highest BCUT2D eigenvalue weighted by Crippen LogP contribution is 2.36. The maximum absolute atomic E-state index is 13.6. The number of carbonyl (C=O) groups excluding carboxylic acids is 2. The predicted molar refractivity (Wildman–Crippen MR) is 110 cm³/mol. The Labute approximate surface area is 169 Å². The van der Waals surface area contributed by atoms with Crippen LogP contribution in [0.2, 0.25) is 0 Å². The van der Waals surface area contributed by atoms with Gasteiger partial charge in [-0.25, -0.2) is 0 Å². The predicted octanol–water partition coefficient (Wildman–Crippen LogP) is 4.03. The van der Waals surface area contributed by atoms with Crippen LogP contribution in [0.3, 0.4) is 0 Å². The molecular weight excluding hydrogens is 368 g/mol. The molecule has 4 rings (SSSR count). The molecule has 0 N–H and O–H groups in total. The monoisotopic (exact) mass is 390 g/mol. The molecule has 0 spiro atoms. The molecule has 6 nitrogen and oxygen atoms in total. The molecule has 6 heteroatoms. The van der Waals surface area contributed by atoms with E-state index in [1.54, 1.807) is 48.4 Å². The lowest BCUT2D eigenvalue weighted by atomic mass is 10.0. The quantitative estimate of drug-likeness (QED) is 0.675. The van der Waals surface area contributed by atoms with Crippen molar-refractivity contribution in [1.29, 1.82) is 0 Å². The summed E-state index contributed by atoms with van der Waals surface area (Å²) in [5.74, 6) is 1.41.